The molecule has 0 bridgehead atoms. The summed E-state index contributed by atoms with van der Waals surface area (Å²) in [5.74, 6) is 0.269. The monoisotopic (exact) mass is 302 g/mol. The van der Waals surface area contributed by atoms with Crippen LogP contribution in [-0.2, 0) is 4.79 Å². The molecule has 0 saturated carbocycles. The van der Waals surface area contributed by atoms with E-state index in [4.69, 9.17) is 0 Å². The highest BCUT2D eigenvalue weighted by atomic mass is 32.2. The van der Waals surface area contributed by atoms with Gasteiger partial charge < -0.3 is 15.4 Å². The van der Waals surface area contributed by atoms with Gasteiger partial charge in [0.25, 0.3) is 5.69 Å². The van der Waals surface area contributed by atoms with E-state index in [0.29, 0.717) is 4.73 Å². The fraction of sp³-hybridized carbons (Fsp3) is 0.455. The molecule has 0 amide bonds. The smallest absolute Gasteiger partial charge is 0.287 e. The predicted molar refractivity (Wildman–Crippen MR) is 70.8 cm³/mol. The zero-order valence-electron chi connectivity index (χ0n) is 10.6. The van der Waals surface area contributed by atoms with Crippen LogP contribution in [0, 0.1) is 15.3 Å². The Morgan fingerprint density at radius 2 is 2.20 bits per heavy atom. The van der Waals surface area contributed by atoms with Crippen LogP contribution >= 0.6 is 11.8 Å². The summed E-state index contributed by atoms with van der Waals surface area (Å²) in [6.45, 7) is 1.37. The van der Waals surface area contributed by atoms with Gasteiger partial charge in [0.05, 0.1) is 17.1 Å². The molecule has 0 aliphatic rings. The first-order valence-electron chi connectivity index (χ1n) is 5.69. The number of aromatic nitrogens is 1. The van der Waals surface area contributed by atoms with Gasteiger partial charge in [0.2, 0.25) is 0 Å². The highest BCUT2D eigenvalue weighted by Gasteiger charge is 2.28. The molecule has 0 fully saturated rings. The lowest BCUT2D eigenvalue weighted by Gasteiger charge is -2.16. The average Bonchev–Trinajstić information content (AvgIpc) is 2.36. The molecule has 0 aliphatic carbocycles. The number of aliphatic hydroxyl groups is 2. The van der Waals surface area contributed by atoms with Gasteiger partial charge in [0.1, 0.15) is 11.7 Å². The Morgan fingerprint density at radius 3 is 2.75 bits per heavy atom. The van der Waals surface area contributed by atoms with Crippen LogP contribution in [-0.4, -0.2) is 32.1 Å². The molecule has 0 saturated heterocycles. The normalized spacial score (nSPS) is 13.8. The summed E-state index contributed by atoms with van der Waals surface area (Å²) in [7, 11) is 0. The first-order chi connectivity index (χ1) is 9.32. The van der Waals surface area contributed by atoms with Gasteiger partial charge in [-0.15, -0.1) is 0 Å². The van der Waals surface area contributed by atoms with Crippen LogP contribution in [0.4, 0.5) is 5.69 Å². The van der Waals surface area contributed by atoms with Crippen molar-refractivity contribution >= 4 is 22.6 Å². The van der Waals surface area contributed by atoms with Gasteiger partial charge in [0, 0.05) is 12.7 Å². The van der Waals surface area contributed by atoms with Crippen LogP contribution in [0.25, 0.3) is 0 Å². The number of pyridine rings is 1. The summed E-state index contributed by atoms with van der Waals surface area (Å²) in [5, 5.41) is 41.5. The molecule has 0 spiro atoms. The first-order valence-corrected chi connectivity index (χ1v) is 6.68. The Morgan fingerprint density at radius 1 is 1.55 bits per heavy atom. The maximum Gasteiger partial charge on any atom is 0.287 e. The topological polar surface area (TPSA) is 128 Å². The third kappa shape index (κ3) is 4.44. The van der Waals surface area contributed by atoms with E-state index >= 15 is 0 Å². The molecule has 2 atom stereocenters. The summed E-state index contributed by atoms with van der Waals surface area (Å²) >= 11 is 0.975. The van der Waals surface area contributed by atoms with Crippen molar-refractivity contribution in [1.82, 2.24) is 0 Å². The maximum absolute atomic E-state index is 11.1. The molecule has 2 unspecified atom stereocenters. The zero-order chi connectivity index (χ0) is 15.3. The highest BCUT2D eigenvalue weighted by molar-refractivity contribution is 8.13. The van der Waals surface area contributed by atoms with E-state index in [1.807, 2.05) is 0 Å². The second kappa shape index (κ2) is 7.17. The fourth-order valence-electron chi connectivity index (χ4n) is 1.57. The Hall–Kier alpha value is -1.71. The van der Waals surface area contributed by atoms with Crippen LogP contribution < -0.4 is 4.73 Å². The largest absolute Gasteiger partial charge is 0.619 e. The van der Waals surface area contributed by atoms with E-state index in [2.05, 4.69) is 0 Å². The third-order valence-electron chi connectivity index (χ3n) is 2.54. The van der Waals surface area contributed by atoms with Gasteiger partial charge >= 0.3 is 0 Å². The molecule has 1 heterocycles. The van der Waals surface area contributed by atoms with Crippen LogP contribution in [0.2, 0.25) is 0 Å². The molecule has 0 aromatic carbocycles. The number of carbonyl (C=O) groups is 1. The predicted octanol–water partition coefficient (Wildman–Crippen LogP) is 0.292. The van der Waals surface area contributed by atoms with E-state index in [-0.39, 0.29) is 22.9 Å². The van der Waals surface area contributed by atoms with E-state index in [1.165, 1.54) is 6.92 Å². The Labute approximate surface area is 118 Å². The number of nitro groups is 1. The van der Waals surface area contributed by atoms with E-state index in [0.717, 1.165) is 30.2 Å². The SMILES string of the molecule is CC(=O)SCCC(O)C(O)c1c[n+]([O-])ccc1[N+](=O)[O-]. The van der Waals surface area contributed by atoms with Crippen LogP contribution in [0.5, 0.6) is 0 Å². The van der Waals surface area contributed by atoms with Crippen molar-refractivity contribution in [3.63, 3.8) is 0 Å². The minimum absolute atomic E-state index is 0.0658. The van der Waals surface area contributed by atoms with E-state index < -0.39 is 22.8 Å². The summed E-state index contributed by atoms with van der Waals surface area (Å²) in [5.41, 5.74) is -0.698. The van der Waals surface area contributed by atoms with Gasteiger partial charge in [-0.3, -0.25) is 14.9 Å². The van der Waals surface area contributed by atoms with Gasteiger partial charge in [-0.2, -0.15) is 4.73 Å². The molecular formula is C11H14N2O6S. The number of nitrogens with zero attached hydrogens (tertiary/aromatic N) is 2. The zero-order valence-corrected chi connectivity index (χ0v) is 11.4. The van der Waals surface area contributed by atoms with Crippen LogP contribution in [0.3, 0.4) is 0 Å². The van der Waals surface area contributed by atoms with Crippen molar-refractivity contribution in [3.05, 3.63) is 39.3 Å². The molecule has 9 heteroatoms. The van der Waals surface area contributed by atoms with Crippen molar-refractivity contribution in [2.75, 3.05) is 5.75 Å². The van der Waals surface area contributed by atoms with Crippen molar-refractivity contribution < 1.29 is 24.7 Å². The number of carbonyl (C=O) groups excluding carboxylic acids is 1. The van der Waals surface area contributed by atoms with E-state index in [9.17, 15) is 30.3 Å². The number of aliphatic hydroxyl groups excluding tert-OH is 2. The molecule has 1 rings (SSSR count). The molecule has 8 nitrogen and oxygen atoms in total. The van der Waals surface area contributed by atoms with Crippen molar-refractivity contribution in [3.8, 4) is 0 Å². The molecule has 1 aromatic rings. The summed E-state index contributed by atoms with van der Waals surface area (Å²) in [6.07, 6.45) is -1.01. The molecule has 0 radical (unpaired) electrons. The molecular weight excluding hydrogens is 288 g/mol. The lowest BCUT2D eigenvalue weighted by molar-refractivity contribution is -0.606. The molecule has 0 aliphatic heterocycles. The van der Waals surface area contributed by atoms with Gasteiger partial charge in [-0.1, -0.05) is 11.8 Å². The van der Waals surface area contributed by atoms with Gasteiger partial charge in [-0.05, 0) is 6.42 Å². The molecule has 20 heavy (non-hydrogen) atoms. The number of hydrogen-bond acceptors (Lipinski definition) is 7. The summed E-state index contributed by atoms with van der Waals surface area (Å²) in [4.78, 5) is 20.8. The number of hydrogen-bond donors (Lipinski definition) is 2. The quantitative estimate of drug-likeness (QED) is 0.334. The Bertz CT molecular complexity index is 510. The number of thioether (sulfide) groups is 1. The lowest BCUT2D eigenvalue weighted by Crippen LogP contribution is -2.29. The van der Waals surface area contributed by atoms with Gasteiger partial charge in [0.15, 0.2) is 17.5 Å². The molecule has 1 aromatic heterocycles. The van der Waals surface area contributed by atoms with Crippen LogP contribution in [0.15, 0.2) is 18.5 Å². The average molecular weight is 302 g/mol. The standard InChI is InChI=1S/C11H14N2O6S/c1-7(14)20-5-3-10(15)11(16)8-6-12(17)4-2-9(8)13(18)19/h2,4,6,10-11,15-16H,3,5H2,1H3. The first kappa shape index (κ1) is 16.3. The number of rotatable bonds is 6. The van der Waals surface area contributed by atoms with Crippen molar-refractivity contribution in [1.29, 1.82) is 0 Å². The minimum Gasteiger partial charge on any atom is -0.619 e. The Balaban J connectivity index is 2.84. The summed E-state index contributed by atoms with van der Waals surface area (Å²) in [6, 6.07) is 0.961. The summed E-state index contributed by atoms with van der Waals surface area (Å²) < 4.78 is 0.308. The van der Waals surface area contributed by atoms with E-state index in [1.54, 1.807) is 0 Å². The van der Waals surface area contributed by atoms with Crippen molar-refractivity contribution in [2.45, 2.75) is 25.6 Å². The third-order valence-corrected chi connectivity index (χ3v) is 3.39. The maximum atomic E-state index is 11.1. The van der Waals surface area contributed by atoms with Gasteiger partial charge in [-0.25, -0.2) is 0 Å². The highest BCUT2D eigenvalue weighted by Crippen LogP contribution is 2.27. The van der Waals surface area contributed by atoms with Crippen molar-refractivity contribution in [2.24, 2.45) is 0 Å². The fourth-order valence-corrected chi connectivity index (χ4v) is 2.22. The second-order valence-electron chi connectivity index (χ2n) is 4.04. The second-order valence-corrected chi connectivity index (χ2v) is 5.32. The van der Waals surface area contributed by atoms with Crippen LogP contribution in [0.1, 0.15) is 25.0 Å². The molecule has 110 valence electrons. The lowest BCUT2D eigenvalue weighted by atomic mass is 10.0. The Kier molecular flexibility index (Phi) is 5.86. The minimum atomic E-state index is -1.57. The molecule has 2 N–H and O–H groups in total.